The van der Waals surface area contributed by atoms with Gasteiger partial charge in [-0.1, -0.05) is 26.7 Å². The van der Waals surface area contributed by atoms with Crippen LogP contribution < -0.4 is 10.6 Å². The maximum atomic E-state index is 11.2. The van der Waals surface area contributed by atoms with Crippen molar-refractivity contribution >= 4 is 35.9 Å². The van der Waals surface area contributed by atoms with E-state index in [0.29, 0.717) is 18.9 Å². The molecule has 0 saturated heterocycles. The van der Waals surface area contributed by atoms with Gasteiger partial charge >= 0.3 is 5.97 Å². The van der Waals surface area contributed by atoms with Gasteiger partial charge in [0, 0.05) is 26.1 Å². The summed E-state index contributed by atoms with van der Waals surface area (Å²) in [6.07, 6.45) is 3.52. The molecule has 21 heavy (non-hydrogen) atoms. The SMILES string of the molecule is CCNC(=NCC(CC)CC)NCCCC(=O)OCC.I. The van der Waals surface area contributed by atoms with Gasteiger partial charge in [-0.05, 0) is 26.2 Å². The van der Waals surface area contributed by atoms with Crippen LogP contribution in [0.2, 0.25) is 0 Å². The zero-order valence-corrected chi connectivity index (χ0v) is 16.2. The van der Waals surface area contributed by atoms with Crippen LogP contribution in [0, 0.1) is 5.92 Å². The third kappa shape index (κ3) is 12.9. The van der Waals surface area contributed by atoms with Crippen molar-refractivity contribution in [3.63, 3.8) is 0 Å². The molecule has 0 amide bonds. The molecule has 0 radical (unpaired) electrons. The standard InChI is InChI=1S/C15H31N3O2.HI/c1-5-13(6-2)12-18-15(16-7-3)17-11-9-10-14(19)20-8-4;/h13H,5-12H2,1-4H3,(H2,16,17,18);1H. The first-order valence-corrected chi connectivity index (χ1v) is 7.85. The van der Waals surface area contributed by atoms with Crippen molar-refractivity contribution < 1.29 is 9.53 Å². The first-order chi connectivity index (χ1) is 9.67. The third-order valence-electron chi connectivity index (χ3n) is 3.16. The Labute approximate surface area is 146 Å². The summed E-state index contributed by atoms with van der Waals surface area (Å²) in [4.78, 5) is 15.8. The van der Waals surface area contributed by atoms with Gasteiger partial charge in [-0.2, -0.15) is 0 Å². The zero-order valence-electron chi connectivity index (χ0n) is 13.9. The highest BCUT2D eigenvalue weighted by molar-refractivity contribution is 14.0. The van der Waals surface area contributed by atoms with Gasteiger partial charge in [-0.3, -0.25) is 9.79 Å². The van der Waals surface area contributed by atoms with Crippen LogP contribution in [-0.4, -0.2) is 38.2 Å². The van der Waals surface area contributed by atoms with Crippen LogP contribution in [0.5, 0.6) is 0 Å². The number of guanidine groups is 1. The molecule has 0 unspecified atom stereocenters. The maximum absolute atomic E-state index is 11.2. The van der Waals surface area contributed by atoms with Crippen LogP contribution in [0.1, 0.15) is 53.4 Å². The molecule has 6 heteroatoms. The summed E-state index contributed by atoms with van der Waals surface area (Å²) in [5.41, 5.74) is 0. The lowest BCUT2D eigenvalue weighted by molar-refractivity contribution is -0.143. The Kier molecular flexibility index (Phi) is 17.2. The molecule has 0 heterocycles. The maximum Gasteiger partial charge on any atom is 0.305 e. The number of ether oxygens (including phenoxy) is 1. The number of rotatable bonds is 10. The molecule has 5 nitrogen and oxygen atoms in total. The van der Waals surface area contributed by atoms with E-state index >= 15 is 0 Å². The van der Waals surface area contributed by atoms with E-state index in [2.05, 4.69) is 29.5 Å². The van der Waals surface area contributed by atoms with E-state index in [-0.39, 0.29) is 29.9 Å². The van der Waals surface area contributed by atoms with Crippen molar-refractivity contribution in [2.45, 2.75) is 53.4 Å². The summed E-state index contributed by atoms with van der Waals surface area (Å²) in [5.74, 6) is 1.35. The Hall–Kier alpha value is -0.530. The molecule has 0 aromatic heterocycles. The minimum atomic E-state index is -0.131. The minimum absolute atomic E-state index is 0. The first-order valence-electron chi connectivity index (χ1n) is 7.85. The number of hydrogen-bond acceptors (Lipinski definition) is 3. The van der Waals surface area contributed by atoms with Crippen molar-refractivity contribution in [1.29, 1.82) is 0 Å². The van der Waals surface area contributed by atoms with Crippen molar-refractivity contribution in [1.82, 2.24) is 10.6 Å². The fraction of sp³-hybridized carbons (Fsp3) is 0.867. The van der Waals surface area contributed by atoms with E-state index in [4.69, 9.17) is 4.74 Å². The van der Waals surface area contributed by atoms with Crippen LogP contribution >= 0.6 is 24.0 Å². The van der Waals surface area contributed by atoms with Crippen LogP contribution in [0.4, 0.5) is 0 Å². The summed E-state index contributed by atoms with van der Waals surface area (Å²) in [6.45, 7) is 11.1. The lowest BCUT2D eigenvalue weighted by Gasteiger charge is -2.13. The predicted molar refractivity (Wildman–Crippen MR) is 99.3 cm³/mol. The number of nitrogens with zero attached hydrogens (tertiary/aromatic N) is 1. The summed E-state index contributed by atoms with van der Waals surface area (Å²) in [7, 11) is 0. The van der Waals surface area contributed by atoms with Crippen molar-refractivity contribution in [2.24, 2.45) is 10.9 Å². The molecule has 2 N–H and O–H groups in total. The summed E-state index contributed by atoms with van der Waals surface area (Å²) < 4.78 is 4.89. The summed E-state index contributed by atoms with van der Waals surface area (Å²) in [6, 6.07) is 0. The van der Waals surface area contributed by atoms with Crippen molar-refractivity contribution in [2.75, 3.05) is 26.2 Å². The van der Waals surface area contributed by atoms with E-state index in [9.17, 15) is 4.79 Å². The molecule has 0 rings (SSSR count). The molecular formula is C15H32IN3O2. The summed E-state index contributed by atoms with van der Waals surface area (Å²) >= 11 is 0. The fourth-order valence-corrected chi connectivity index (χ4v) is 1.78. The molecule has 0 aromatic carbocycles. The fourth-order valence-electron chi connectivity index (χ4n) is 1.78. The molecule has 0 atom stereocenters. The Morgan fingerprint density at radius 1 is 1.14 bits per heavy atom. The number of hydrogen-bond donors (Lipinski definition) is 2. The average Bonchev–Trinajstić information content (AvgIpc) is 2.44. The highest BCUT2D eigenvalue weighted by Crippen LogP contribution is 2.07. The Bertz CT molecular complexity index is 282. The molecule has 0 fully saturated rings. The normalized spacial score (nSPS) is 11.0. The number of aliphatic imine (C=N–C) groups is 1. The quantitative estimate of drug-likeness (QED) is 0.190. The molecule has 0 aromatic rings. The largest absolute Gasteiger partial charge is 0.466 e. The van der Waals surface area contributed by atoms with Gasteiger partial charge < -0.3 is 15.4 Å². The van der Waals surface area contributed by atoms with Gasteiger partial charge in [0.15, 0.2) is 5.96 Å². The molecule has 0 aliphatic carbocycles. The predicted octanol–water partition coefficient (Wildman–Crippen LogP) is 2.94. The third-order valence-corrected chi connectivity index (χ3v) is 3.16. The van der Waals surface area contributed by atoms with Crippen LogP contribution in [0.25, 0.3) is 0 Å². The van der Waals surface area contributed by atoms with Gasteiger partial charge in [0.2, 0.25) is 0 Å². The van der Waals surface area contributed by atoms with Crippen molar-refractivity contribution in [3.8, 4) is 0 Å². The van der Waals surface area contributed by atoms with Gasteiger partial charge in [0.1, 0.15) is 0 Å². The summed E-state index contributed by atoms with van der Waals surface area (Å²) in [5, 5.41) is 6.47. The lowest BCUT2D eigenvalue weighted by Crippen LogP contribution is -2.38. The average molecular weight is 413 g/mol. The molecule has 126 valence electrons. The van der Waals surface area contributed by atoms with Gasteiger partial charge in [-0.15, -0.1) is 24.0 Å². The van der Waals surface area contributed by atoms with Gasteiger partial charge in [-0.25, -0.2) is 0 Å². The highest BCUT2D eigenvalue weighted by Gasteiger charge is 2.04. The minimum Gasteiger partial charge on any atom is -0.466 e. The lowest BCUT2D eigenvalue weighted by atomic mass is 10.0. The number of nitrogens with one attached hydrogen (secondary N) is 2. The van der Waals surface area contributed by atoms with Crippen molar-refractivity contribution in [3.05, 3.63) is 0 Å². The van der Waals surface area contributed by atoms with Gasteiger partial charge in [0.05, 0.1) is 6.61 Å². The topological polar surface area (TPSA) is 62.7 Å². The highest BCUT2D eigenvalue weighted by atomic mass is 127. The van der Waals surface area contributed by atoms with Crippen LogP contribution in [0.3, 0.4) is 0 Å². The van der Waals surface area contributed by atoms with E-state index in [1.54, 1.807) is 0 Å². The molecule has 0 saturated carbocycles. The Balaban J connectivity index is 0. The van der Waals surface area contributed by atoms with Crippen LogP contribution in [0.15, 0.2) is 4.99 Å². The van der Waals surface area contributed by atoms with Crippen LogP contribution in [-0.2, 0) is 9.53 Å². The Morgan fingerprint density at radius 2 is 1.81 bits per heavy atom. The second-order valence-electron chi connectivity index (χ2n) is 4.74. The number of esters is 1. The van der Waals surface area contributed by atoms with E-state index < -0.39 is 0 Å². The second kappa shape index (κ2) is 15.9. The van der Waals surface area contributed by atoms with Gasteiger partial charge in [0.25, 0.3) is 0 Å². The number of carbonyl (C=O) groups is 1. The van der Waals surface area contributed by atoms with E-state index in [1.807, 2.05) is 13.8 Å². The Morgan fingerprint density at radius 3 is 2.33 bits per heavy atom. The first kappa shape index (κ1) is 22.7. The molecule has 0 aliphatic rings. The monoisotopic (exact) mass is 413 g/mol. The van der Waals surface area contributed by atoms with E-state index in [1.165, 1.54) is 0 Å². The second-order valence-corrected chi connectivity index (χ2v) is 4.74. The molecular weight excluding hydrogens is 381 g/mol. The number of carbonyl (C=O) groups excluding carboxylic acids is 1. The zero-order chi connectivity index (χ0) is 15.2. The molecule has 0 bridgehead atoms. The van der Waals surface area contributed by atoms with E-state index in [0.717, 1.165) is 44.9 Å². The molecule has 0 spiro atoms. The smallest absolute Gasteiger partial charge is 0.305 e. The molecule has 0 aliphatic heterocycles. The number of halogens is 1.